The van der Waals surface area contributed by atoms with Gasteiger partial charge in [-0.05, 0) is 19.1 Å². The van der Waals surface area contributed by atoms with Crippen molar-refractivity contribution >= 4 is 11.6 Å². The first-order valence-corrected chi connectivity index (χ1v) is 4.34. The Balaban J connectivity index is 2.58. The molecule has 1 N–H and O–H groups in total. The second-order valence-electron chi connectivity index (χ2n) is 2.87. The average molecular weight is 201 g/mol. The molecule has 1 aliphatic heterocycles. The van der Waals surface area contributed by atoms with Gasteiger partial charge in [0.2, 0.25) is 6.79 Å². The monoisotopic (exact) mass is 200 g/mol. The second kappa shape index (κ2) is 3.09. The van der Waals surface area contributed by atoms with Crippen molar-refractivity contribution in [3.63, 3.8) is 0 Å². The minimum Gasteiger partial charge on any atom is -0.454 e. The Morgan fingerprint density at radius 2 is 2.23 bits per heavy atom. The lowest BCUT2D eigenvalue weighted by molar-refractivity contribution is 0.164. The predicted octanol–water partition coefficient (Wildman–Crippen LogP) is 2.12. The summed E-state index contributed by atoms with van der Waals surface area (Å²) in [4.78, 5) is 0. The molecule has 1 aliphatic rings. The first-order valence-electron chi connectivity index (χ1n) is 3.96. The molecule has 0 aliphatic carbocycles. The van der Waals surface area contributed by atoms with E-state index < -0.39 is 6.10 Å². The molecule has 1 aromatic carbocycles. The molecule has 0 radical (unpaired) electrons. The van der Waals surface area contributed by atoms with Crippen LogP contribution in [0.1, 0.15) is 18.6 Å². The number of halogens is 1. The van der Waals surface area contributed by atoms with Crippen LogP contribution < -0.4 is 9.47 Å². The zero-order valence-electron chi connectivity index (χ0n) is 7.08. The van der Waals surface area contributed by atoms with E-state index in [1.54, 1.807) is 19.1 Å². The van der Waals surface area contributed by atoms with Crippen molar-refractivity contribution in [3.05, 3.63) is 22.7 Å². The summed E-state index contributed by atoms with van der Waals surface area (Å²) >= 11 is 5.91. The molecule has 3 nitrogen and oxygen atoms in total. The fourth-order valence-corrected chi connectivity index (χ4v) is 1.67. The number of hydrogen-bond donors (Lipinski definition) is 1. The summed E-state index contributed by atoms with van der Waals surface area (Å²) in [6, 6.07) is 3.42. The van der Waals surface area contributed by atoms with Gasteiger partial charge in [0.05, 0.1) is 11.1 Å². The molecule has 1 aromatic rings. The smallest absolute Gasteiger partial charge is 0.231 e. The van der Waals surface area contributed by atoms with E-state index in [1.807, 2.05) is 0 Å². The highest BCUT2D eigenvalue weighted by Gasteiger charge is 2.22. The lowest BCUT2D eigenvalue weighted by Gasteiger charge is -2.09. The molecule has 0 fully saturated rings. The van der Waals surface area contributed by atoms with Gasteiger partial charge in [-0.1, -0.05) is 11.6 Å². The molecule has 70 valence electrons. The van der Waals surface area contributed by atoms with E-state index >= 15 is 0 Å². The van der Waals surface area contributed by atoms with Gasteiger partial charge in [0, 0.05) is 5.56 Å². The molecule has 0 saturated heterocycles. The largest absolute Gasteiger partial charge is 0.454 e. The maximum absolute atomic E-state index is 9.45. The summed E-state index contributed by atoms with van der Waals surface area (Å²) in [5.74, 6) is 1.20. The van der Waals surface area contributed by atoms with Crippen LogP contribution in [0.3, 0.4) is 0 Å². The Morgan fingerprint density at radius 1 is 1.46 bits per heavy atom. The van der Waals surface area contributed by atoms with Crippen molar-refractivity contribution < 1.29 is 14.6 Å². The first kappa shape index (κ1) is 8.66. The van der Waals surface area contributed by atoms with Gasteiger partial charge >= 0.3 is 0 Å². The lowest BCUT2D eigenvalue weighted by Crippen LogP contribution is -1.97. The van der Waals surface area contributed by atoms with E-state index in [4.69, 9.17) is 21.1 Å². The van der Waals surface area contributed by atoms with Crippen molar-refractivity contribution in [2.24, 2.45) is 0 Å². The molecule has 0 bridgehead atoms. The Hall–Kier alpha value is -0.930. The van der Waals surface area contributed by atoms with Gasteiger partial charge in [0.25, 0.3) is 0 Å². The fraction of sp³-hybridized carbons (Fsp3) is 0.333. The summed E-state index contributed by atoms with van der Waals surface area (Å²) < 4.78 is 10.4. The van der Waals surface area contributed by atoms with Crippen molar-refractivity contribution in [1.29, 1.82) is 0 Å². The lowest BCUT2D eigenvalue weighted by atomic mass is 10.1. The quantitative estimate of drug-likeness (QED) is 0.755. The number of hydrogen-bond acceptors (Lipinski definition) is 3. The van der Waals surface area contributed by atoms with Crippen LogP contribution in [-0.4, -0.2) is 11.9 Å². The molecular weight excluding hydrogens is 192 g/mol. The minimum absolute atomic E-state index is 0.190. The van der Waals surface area contributed by atoms with Gasteiger partial charge in [0.1, 0.15) is 0 Å². The number of aliphatic hydroxyl groups excluding tert-OH is 1. The third-order valence-electron chi connectivity index (χ3n) is 1.94. The second-order valence-corrected chi connectivity index (χ2v) is 3.28. The number of fused-ring (bicyclic) bond motifs is 1. The van der Waals surface area contributed by atoms with Gasteiger partial charge in [-0.25, -0.2) is 0 Å². The van der Waals surface area contributed by atoms with E-state index in [2.05, 4.69) is 0 Å². The van der Waals surface area contributed by atoms with Crippen LogP contribution in [0.4, 0.5) is 0 Å². The highest BCUT2D eigenvalue weighted by Crippen LogP contribution is 2.42. The molecule has 13 heavy (non-hydrogen) atoms. The highest BCUT2D eigenvalue weighted by molar-refractivity contribution is 6.31. The fourth-order valence-electron chi connectivity index (χ4n) is 1.36. The van der Waals surface area contributed by atoms with Crippen molar-refractivity contribution in [3.8, 4) is 11.5 Å². The molecule has 2 rings (SSSR count). The maximum Gasteiger partial charge on any atom is 0.231 e. The zero-order valence-corrected chi connectivity index (χ0v) is 7.84. The van der Waals surface area contributed by atoms with Crippen molar-refractivity contribution in [2.45, 2.75) is 13.0 Å². The van der Waals surface area contributed by atoms with Crippen LogP contribution in [-0.2, 0) is 0 Å². The number of ether oxygens (including phenoxy) is 2. The van der Waals surface area contributed by atoms with E-state index in [1.165, 1.54) is 0 Å². The molecule has 0 amide bonds. The van der Waals surface area contributed by atoms with Crippen LogP contribution in [0, 0.1) is 0 Å². The van der Waals surface area contributed by atoms with Crippen molar-refractivity contribution in [1.82, 2.24) is 0 Å². The van der Waals surface area contributed by atoms with Gasteiger partial charge in [-0.3, -0.25) is 0 Å². The number of aliphatic hydroxyl groups is 1. The van der Waals surface area contributed by atoms with Crippen molar-refractivity contribution in [2.75, 3.05) is 6.79 Å². The molecule has 0 saturated carbocycles. The van der Waals surface area contributed by atoms with E-state index in [9.17, 15) is 5.11 Å². The van der Waals surface area contributed by atoms with Gasteiger partial charge in [-0.15, -0.1) is 0 Å². The third kappa shape index (κ3) is 1.34. The summed E-state index contributed by atoms with van der Waals surface area (Å²) in [7, 11) is 0. The van der Waals surface area contributed by atoms with Crippen LogP contribution in [0.2, 0.25) is 5.02 Å². The summed E-state index contributed by atoms with van der Waals surface area (Å²) in [5.41, 5.74) is 0.594. The third-order valence-corrected chi connectivity index (χ3v) is 2.27. The molecule has 1 heterocycles. The number of rotatable bonds is 1. The summed E-state index contributed by atoms with van der Waals surface area (Å²) in [6.07, 6.45) is -0.649. The zero-order chi connectivity index (χ0) is 9.42. The van der Waals surface area contributed by atoms with Crippen LogP contribution in [0.5, 0.6) is 11.5 Å². The molecule has 1 unspecified atom stereocenters. The Kier molecular flexibility index (Phi) is 2.06. The van der Waals surface area contributed by atoms with Crippen LogP contribution in [0.15, 0.2) is 12.1 Å². The molecular formula is C9H9ClO3. The molecule has 0 spiro atoms. The average Bonchev–Trinajstić information content (AvgIpc) is 2.50. The predicted molar refractivity (Wildman–Crippen MR) is 48.2 cm³/mol. The minimum atomic E-state index is -0.649. The van der Waals surface area contributed by atoms with Gasteiger partial charge in [-0.2, -0.15) is 0 Å². The summed E-state index contributed by atoms with van der Waals surface area (Å²) in [6.45, 7) is 1.83. The van der Waals surface area contributed by atoms with E-state index in [0.29, 0.717) is 22.1 Å². The van der Waals surface area contributed by atoms with E-state index in [-0.39, 0.29) is 6.79 Å². The summed E-state index contributed by atoms with van der Waals surface area (Å²) in [5, 5.41) is 9.95. The molecule has 4 heteroatoms. The highest BCUT2D eigenvalue weighted by atomic mass is 35.5. The Bertz CT molecular complexity index is 336. The first-order chi connectivity index (χ1) is 6.20. The normalized spacial score (nSPS) is 15.9. The molecule has 0 aromatic heterocycles. The topological polar surface area (TPSA) is 38.7 Å². The van der Waals surface area contributed by atoms with Gasteiger partial charge in [0.15, 0.2) is 11.5 Å². The Morgan fingerprint density at radius 3 is 2.92 bits per heavy atom. The molecule has 1 atom stereocenters. The Labute approximate surface area is 80.8 Å². The van der Waals surface area contributed by atoms with Gasteiger partial charge < -0.3 is 14.6 Å². The van der Waals surface area contributed by atoms with Crippen LogP contribution >= 0.6 is 11.6 Å². The van der Waals surface area contributed by atoms with Crippen LogP contribution in [0.25, 0.3) is 0 Å². The van der Waals surface area contributed by atoms with E-state index in [0.717, 1.165) is 0 Å². The SMILES string of the molecule is CC(O)c1c(Cl)ccc2c1OCO2. The standard InChI is InChI=1S/C9H9ClO3/c1-5(11)8-6(10)2-3-7-9(8)13-4-12-7/h2-3,5,11H,4H2,1H3. The maximum atomic E-state index is 9.45. The number of benzene rings is 1.